The molecule has 0 amide bonds. The zero-order chi connectivity index (χ0) is 8.81. The second kappa shape index (κ2) is 4.40. The third-order valence-corrected chi connectivity index (χ3v) is 1.12. The number of aromatic nitrogens is 2. The summed E-state index contributed by atoms with van der Waals surface area (Å²) in [6.07, 6.45) is 2.71. The van der Waals surface area contributed by atoms with Crippen molar-refractivity contribution < 1.29 is 14.6 Å². The van der Waals surface area contributed by atoms with Crippen LogP contribution >= 0.6 is 0 Å². The minimum atomic E-state index is -0.550. The molecule has 1 aromatic rings. The van der Waals surface area contributed by atoms with Gasteiger partial charge >= 0.3 is 5.97 Å². The molecule has 0 aromatic carbocycles. The Bertz CT molecular complexity index is 250. The molecule has 0 spiro atoms. The summed E-state index contributed by atoms with van der Waals surface area (Å²) in [7, 11) is 0. The maximum atomic E-state index is 11.0. The second-order valence-electron chi connectivity index (χ2n) is 1.95. The van der Waals surface area contributed by atoms with Crippen LogP contribution < -0.4 is 0 Å². The van der Waals surface area contributed by atoms with Crippen LogP contribution in [0.5, 0.6) is 0 Å². The van der Waals surface area contributed by atoms with Gasteiger partial charge in [0.15, 0.2) is 5.69 Å². The van der Waals surface area contributed by atoms with Crippen LogP contribution in [0.2, 0.25) is 0 Å². The lowest BCUT2D eigenvalue weighted by Crippen LogP contribution is -2.10. The largest absolute Gasteiger partial charge is 0.459 e. The Kier molecular flexibility index (Phi) is 3.16. The van der Waals surface area contributed by atoms with E-state index < -0.39 is 5.97 Å². The molecule has 5 nitrogen and oxygen atoms in total. The zero-order valence-corrected chi connectivity index (χ0v) is 6.30. The summed E-state index contributed by atoms with van der Waals surface area (Å²) in [4.78, 5) is 18.3. The molecule has 0 bridgehead atoms. The normalized spacial score (nSPS) is 9.42. The second-order valence-corrected chi connectivity index (χ2v) is 1.95. The van der Waals surface area contributed by atoms with Crippen LogP contribution in [0.1, 0.15) is 10.5 Å². The molecule has 0 radical (unpaired) electrons. The van der Waals surface area contributed by atoms with Crippen molar-refractivity contribution in [2.45, 2.75) is 0 Å². The van der Waals surface area contributed by atoms with Crippen molar-refractivity contribution in [3.8, 4) is 0 Å². The summed E-state index contributed by atoms with van der Waals surface area (Å²) in [6.45, 7) is -0.195. The lowest BCUT2D eigenvalue weighted by molar-refractivity contribution is 0.0427. The first kappa shape index (κ1) is 8.61. The van der Waals surface area contributed by atoms with Crippen molar-refractivity contribution >= 4 is 5.97 Å². The van der Waals surface area contributed by atoms with Gasteiger partial charge in [0.1, 0.15) is 12.9 Å². The van der Waals surface area contributed by atoms with Crippen LogP contribution in [-0.2, 0) is 4.74 Å². The van der Waals surface area contributed by atoms with Crippen LogP contribution in [0.15, 0.2) is 18.6 Å². The van der Waals surface area contributed by atoms with Gasteiger partial charge in [-0.3, -0.25) is 0 Å². The number of aliphatic hydroxyl groups is 1. The fraction of sp³-hybridized carbons (Fsp3) is 0.286. The fourth-order valence-electron chi connectivity index (χ4n) is 0.624. The highest BCUT2D eigenvalue weighted by atomic mass is 16.5. The number of aliphatic hydroxyl groups excluding tert-OH is 1. The minimum Gasteiger partial charge on any atom is -0.459 e. The maximum absolute atomic E-state index is 11.0. The van der Waals surface area contributed by atoms with E-state index in [1.165, 1.54) is 18.6 Å². The molecule has 5 heteroatoms. The molecule has 0 saturated heterocycles. The summed E-state index contributed by atoms with van der Waals surface area (Å²) in [5.74, 6) is -0.550. The van der Waals surface area contributed by atoms with E-state index in [0.29, 0.717) is 0 Å². The van der Waals surface area contributed by atoms with Gasteiger partial charge in [0, 0.05) is 6.20 Å². The predicted octanol–water partition coefficient (Wildman–Crippen LogP) is -0.374. The van der Waals surface area contributed by atoms with Crippen molar-refractivity contribution in [3.05, 3.63) is 24.3 Å². The molecule has 12 heavy (non-hydrogen) atoms. The third kappa shape index (κ3) is 2.28. The van der Waals surface area contributed by atoms with Gasteiger partial charge in [0.2, 0.25) is 0 Å². The fourth-order valence-corrected chi connectivity index (χ4v) is 0.624. The first-order valence-corrected chi connectivity index (χ1v) is 3.38. The number of esters is 1. The number of rotatable bonds is 3. The molecule has 1 aromatic heterocycles. The highest BCUT2D eigenvalue weighted by Gasteiger charge is 2.06. The molecule has 1 N–H and O–H groups in total. The van der Waals surface area contributed by atoms with Crippen molar-refractivity contribution in [1.82, 2.24) is 9.97 Å². The Morgan fingerprint density at radius 2 is 2.50 bits per heavy atom. The molecule has 0 unspecified atom stereocenters. The number of carbonyl (C=O) groups is 1. The molecule has 0 aliphatic heterocycles. The smallest absolute Gasteiger partial charge is 0.357 e. The Morgan fingerprint density at radius 3 is 3.08 bits per heavy atom. The quantitative estimate of drug-likeness (QED) is 0.623. The molecule has 0 atom stereocenters. The van der Waals surface area contributed by atoms with Crippen LogP contribution in [-0.4, -0.2) is 34.3 Å². The molecule has 0 aliphatic rings. The first-order valence-electron chi connectivity index (χ1n) is 3.38. The lowest BCUT2D eigenvalue weighted by Gasteiger charge is -1.99. The number of hydrogen-bond acceptors (Lipinski definition) is 5. The first-order chi connectivity index (χ1) is 5.84. The van der Waals surface area contributed by atoms with Crippen LogP contribution in [0.3, 0.4) is 0 Å². The Morgan fingerprint density at radius 1 is 1.67 bits per heavy atom. The number of ether oxygens (including phenoxy) is 1. The van der Waals surface area contributed by atoms with E-state index in [0.717, 1.165) is 0 Å². The Labute approximate surface area is 69.0 Å². The highest BCUT2D eigenvalue weighted by Crippen LogP contribution is 1.93. The van der Waals surface area contributed by atoms with Gasteiger partial charge in [-0.25, -0.2) is 14.8 Å². The van der Waals surface area contributed by atoms with Gasteiger partial charge < -0.3 is 9.84 Å². The van der Waals surface area contributed by atoms with Crippen LogP contribution in [0.25, 0.3) is 0 Å². The molecule has 64 valence electrons. The van der Waals surface area contributed by atoms with Gasteiger partial charge in [-0.15, -0.1) is 0 Å². The standard InChI is InChI=1S/C7H8N2O3/c10-3-4-12-7(11)6-1-2-8-5-9-6/h1-2,5,10H,3-4H2. The predicted molar refractivity (Wildman–Crippen MR) is 39.4 cm³/mol. The number of hydrogen-bond donors (Lipinski definition) is 1. The van der Waals surface area contributed by atoms with E-state index in [2.05, 4.69) is 14.7 Å². The molecule has 0 fully saturated rings. The maximum Gasteiger partial charge on any atom is 0.357 e. The van der Waals surface area contributed by atoms with E-state index in [1.54, 1.807) is 0 Å². The van der Waals surface area contributed by atoms with E-state index in [1.807, 2.05) is 0 Å². The SMILES string of the molecule is O=C(OCCO)c1ccncn1. The summed E-state index contributed by atoms with van der Waals surface area (Å²) in [6, 6.07) is 1.44. The van der Waals surface area contributed by atoms with Gasteiger partial charge in [-0.05, 0) is 6.07 Å². The molecular formula is C7H8N2O3. The molecular weight excluding hydrogens is 160 g/mol. The number of carbonyl (C=O) groups excluding carboxylic acids is 1. The van der Waals surface area contributed by atoms with Gasteiger partial charge in [-0.2, -0.15) is 0 Å². The molecule has 0 saturated carbocycles. The van der Waals surface area contributed by atoms with Crippen LogP contribution in [0.4, 0.5) is 0 Å². The van der Waals surface area contributed by atoms with E-state index in [4.69, 9.17) is 5.11 Å². The van der Waals surface area contributed by atoms with E-state index >= 15 is 0 Å². The topological polar surface area (TPSA) is 72.3 Å². The van der Waals surface area contributed by atoms with Crippen molar-refractivity contribution in [3.63, 3.8) is 0 Å². The van der Waals surface area contributed by atoms with Gasteiger partial charge in [0.25, 0.3) is 0 Å². The third-order valence-electron chi connectivity index (χ3n) is 1.12. The Balaban J connectivity index is 2.54. The average Bonchev–Trinajstić information content (AvgIpc) is 2.15. The molecule has 0 aliphatic carbocycles. The van der Waals surface area contributed by atoms with Crippen molar-refractivity contribution in [2.24, 2.45) is 0 Å². The van der Waals surface area contributed by atoms with Crippen molar-refractivity contribution in [2.75, 3.05) is 13.2 Å². The lowest BCUT2D eigenvalue weighted by atomic mass is 10.4. The summed E-state index contributed by atoms with van der Waals surface area (Å²) < 4.78 is 4.60. The average molecular weight is 168 g/mol. The molecule has 1 rings (SSSR count). The molecule has 1 heterocycles. The zero-order valence-electron chi connectivity index (χ0n) is 6.30. The number of nitrogens with zero attached hydrogens (tertiary/aromatic N) is 2. The van der Waals surface area contributed by atoms with E-state index in [9.17, 15) is 4.79 Å². The highest BCUT2D eigenvalue weighted by molar-refractivity contribution is 5.86. The Hall–Kier alpha value is -1.49. The summed E-state index contributed by atoms with van der Waals surface area (Å²) in [5, 5.41) is 8.35. The summed E-state index contributed by atoms with van der Waals surface area (Å²) in [5.41, 5.74) is 0.193. The van der Waals surface area contributed by atoms with Gasteiger partial charge in [-0.1, -0.05) is 0 Å². The monoisotopic (exact) mass is 168 g/mol. The summed E-state index contributed by atoms with van der Waals surface area (Å²) >= 11 is 0. The van der Waals surface area contributed by atoms with Crippen LogP contribution in [0, 0.1) is 0 Å². The minimum absolute atomic E-state index is 0.0111. The van der Waals surface area contributed by atoms with Gasteiger partial charge in [0.05, 0.1) is 6.61 Å². The van der Waals surface area contributed by atoms with E-state index in [-0.39, 0.29) is 18.9 Å². The van der Waals surface area contributed by atoms with Crippen molar-refractivity contribution in [1.29, 1.82) is 0 Å².